The number of anilines is 2. The number of nitrogens with two attached hydrogens (primary N) is 1. The molecule has 0 aromatic heterocycles. The molecule has 1 aliphatic rings. The molecule has 3 nitrogen and oxygen atoms in total. The quantitative estimate of drug-likeness (QED) is 0.539. The smallest absolute Gasteiger partial charge is 0.107 e. The molecule has 0 radical (unpaired) electrons. The normalized spacial score (nSPS) is 13.8. The molecule has 0 unspecified atom stereocenters. The monoisotopic (exact) mass is 147 g/mol. The lowest BCUT2D eigenvalue weighted by molar-refractivity contribution is 1.13. The van der Waals surface area contributed by atoms with Gasteiger partial charge in [0.2, 0.25) is 0 Å². The minimum absolute atomic E-state index is 0.664. The molecule has 0 saturated heterocycles. The van der Waals surface area contributed by atoms with Crippen LogP contribution in [-0.4, -0.2) is 12.9 Å². The zero-order chi connectivity index (χ0) is 7.68. The van der Waals surface area contributed by atoms with E-state index in [1.165, 1.54) is 0 Å². The van der Waals surface area contributed by atoms with Gasteiger partial charge in [0.15, 0.2) is 0 Å². The van der Waals surface area contributed by atoms with Crippen LogP contribution in [0.3, 0.4) is 0 Å². The lowest BCUT2D eigenvalue weighted by atomic mass is 10.1. The molecule has 1 aromatic rings. The summed E-state index contributed by atoms with van der Waals surface area (Å²) in [5.74, 6) is 0. The predicted octanol–water partition coefficient (Wildman–Crippen LogP) is 1.07. The maximum atomic E-state index is 5.59. The molecule has 3 heteroatoms. The van der Waals surface area contributed by atoms with Crippen LogP contribution in [0.2, 0.25) is 0 Å². The van der Waals surface area contributed by atoms with E-state index in [2.05, 4.69) is 10.3 Å². The van der Waals surface area contributed by atoms with Crippen molar-refractivity contribution in [2.75, 3.05) is 17.7 Å². The molecule has 56 valence electrons. The fourth-order valence-electron chi connectivity index (χ4n) is 1.12. The van der Waals surface area contributed by atoms with Crippen molar-refractivity contribution in [3.63, 3.8) is 0 Å². The van der Waals surface area contributed by atoms with E-state index in [-0.39, 0.29) is 0 Å². The molecule has 1 heterocycles. The van der Waals surface area contributed by atoms with E-state index < -0.39 is 0 Å². The van der Waals surface area contributed by atoms with Crippen LogP contribution in [0.15, 0.2) is 23.2 Å². The Bertz CT molecular complexity index is 304. The van der Waals surface area contributed by atoms with Gasteiger partial charge in [0, 0.05) is 23.2 Å². The molecule has 0 saturated carbocycles. The van der Waals surface area contributed by atoms with Gasteiger partial charge in [-0.05, 0) is 18.2 Å². The van der Waals surface area contributed by atoms with Crippen LogP contribution >= 0.6 is 0 Å². The second-order valence-electron chi connectivity index (χ2n) is 2.49. The van der Waals surface area contributed by atoms with Gasteiger partial charge in [0.1, 0.15) is 6.67 Å². The van der Waals surface area contributed by atoms with Crippen molar-refractivity contribution in [1.82, 2.24) is 0 Å². The number of nitrogens with one attached hydrogen (secondary N) is 1. The van der Waals surface area contributed by atoms with Crippen LogP contribution in [0.25, 0.3) is 0 Å². The second-order valence-corrected chi connectivity index (χ2v) is 2.49. The number of aliphatic imine (C=N–C) groups is 1. The van der Waals surface area contributed by atoms with Crippen LogP contribution in [0.5, 0.6) is 0 Å². The van der Waals surface area contributed by atoms with Crippen molar-refractivity contribution < 1.29 is 0 Å². The van der Waals surface area contributed by atoms with E-state index >= 15 is 0 Å². The molecule has 3 N–H and O–H groups in total. The van der Waals surface area contributed by atoms with E-state index in [0.717, 1.165) is 16.9 Å². The van der Waals surface area contributed by atoms with Crippen molar-refractivity contribution >= 4 is 17.6 Å². The summed E-state index contributed by atoms with van der Waals surface area (Å²) < 4.78 is 0. The molecular weight excluding hydrogens is 138 g/mol. The van der Waals surface area contributed by atoms with E-state index in [4.69, 9.17) is 5.73 Å². The third-order valence-corrected chi connectivity index (χ3v) is 1.67. The highest BCUT2D eigenvalue weighted by molar-refractivity contribution is 5.90. The van der Waals surface area contributed by atoms with Crippen molar-refractivity contribution in [1.29, 1.82) is 0 Å². The summed E-state index contributed by atoms with van der Waals surface area (Å²) in [6.07, 6.45) is 1.84. The van der Waals surface area contributed by atoms with Crippen LogP contribution < -0.4 is 11.1 Å². The van der Waals surface area contributed by atoms with Crippen LogP contribution in [0.1, 0.15) is 5.56 Å². The Balaban J connectivity index is 2.54. The maximum Gasteiger partial charge on any atom is 0.107 e. The molecule has 0 atom stereocenters. The number of nitrogen functional groups attached to an aromatic ring is 1. The Kier molecular flexibility index (Phi) is 1.28. The van der Waals surface area contributed by atoms with Gasteiger partial charge in [-0.1, -0.05) is 0 Å². The van der Waals surface area contributed by atoms with Crippen molar-refractivity contribution in [2.45, 2.75) is 0 Å². The summed E-state index contributed by atoms with van der Waals surface area (Å²) >= 11 is 0. The number of benzene rings is 1. The van der Waals surface area contributed by atoms with E-state index in [1.807, 2.05) is 24.4 Å². The Hall–Kier alpha value is -1.51. The van der Waals surface area contributed by atoms with E-state index in [0.29, 0.717) is 6.67 Å². The fourth-order valence-corrected chi connectivity index (χ4v) is 1.12. The number of hydrogen-bond acceptors (Lipinski definition) is 3. The molecule has 0 amide bonds. The average Bonchev–Trinajstić information content (AvgIpc) is 2.04. The van der Waals surface area contributed by atoms with Gasteiger partial charge in [-0.25, -0.2) is 0 Å². The van der Waals surface area contributed by atoms with E-state index in [9.17, 15) is 0 Å². The maximum absolute atomic E-state index is 5.59. The molecule has 0 aliphatic carbocycles. The standard InChI is InChI=1S/C8H9N3/c9-7-1-2-8-6(3-7)4-10-5-11-8/h1-4,11H,5,9H2. The highest BCUT2D eigenvalue weighted by atomic mass is 15.0. The third-order valence-electron chi connectivity index (χ3n) is 1.67. The number of hydrogen-bond donors (Lipinski definition) is 2. The van der Waals surface area contributed by atoms with Crippen LogP contribution in [0.4, 0.5) is 11.4 Å². The third kappa shape index (κ3) is 1.05. The molecule has 0 bridgehead atoms. The van der Waals surface area contributed by atoms with Crippen molar-refractivity contribution in [3.05, 3.63) is 23.8 Å². The zero-order valence-electron chi connectivity index (χ0n) is 6.04. The van der Waals surface area contributed by atoms with Gasteiger partial charge in [0.25, 0.3) is 0 Å². The first kappa shape index (κ1) is 6.22. The lowest BCUT2D eigenvalue weighted by Gasteiger charge is -2.11. The highest BCUT2D eigenvalue weighted by Gasteiger charge is 2.02. The largest absolute Gasteiger partial charge is 0.399 e. The molecule has 0 fully saturated rings. The number of rotatable bonds is 0. The summed E-state index contributed by atoms with van der Waals surface area (Å²) in [5.41, 5.74) is 8.54. The van der Waals surface area contributed by atoms with Gasteiger partial charge in [-0.2, -0.15) is 0 Å². The Labute approximate surface area is 64.9 Å². The fraction of sp³-hybridized carbons (Fsp3) is 0.125. The van der Waals surface area contributed by atoms with E-state index in [1.54, 1.807) is 0 Å². The Morgan fingerprint density at radius 1 is 1.45 bits per heavy atom. The number of nitrogens with zero attached hydrogens (tertiary/aromatic N) is 1. The first-order valence-electron chi connectivity index (χ1n) is 3.49. The highest BCUT2D eigenvalue weighted by Crippen LogP contribution is 2.18. The molecule has 0 spiro atoms. The van der Waals surface area contributed by atoms with Gasteiger partial charge in [0.05, 0.1) is 0 Å². The molecule has 2 rings (SSSR count). The summed E-state index contributed by atoms with van der Waals surface area (Å²) in [7, 11) is 0. The minimum atomic E-state index is 0.664. The number of fused-ring (bicyclic) bond motifs is 1. The summed E-state index contributed by atoms with van der Waals surface area (Å²) in [6, 6.07) is 5.76. The Morgan fingerprint density at radius 3 is 3.27 bits per heavy atom. The first-order chi connectivity index (χ1) is 5.36. The predicted molar refractivity (Wildman–Crippen MR) is 46.9 cm³/mol. The van der Waals surface area contributed by atoms with Crippen LogP contribution in [-0.2, 0) is 0 Å². The minimum Gasteiger partial charge on any atom is -0.399 e. The lowest BCUT2D eigenvalue weighted by Crippen LogP contribution is -2.07. The van der Waals surface area contributed by atoms with Crippen molar-refractivity contribution in [3.8, 4) is 0 Å². The summed E-state index contributed by atoms with van der Waals surface area (Å²) in [6.45, 7) is 0.664. The van der Waals surface area contributed by atoms with Gasteiger partial charge in [-0.3, -0.25) is 4.99 Å². The topological polar surface area (TPSA) is 50.4 Å². The molecule has 11 heavy (non-hydrogen) atoms. The zero-order valence-corrected chi connectivity index (χ0v) is 6.04. The van der Waals surface area contributed by atoms with Crippen molar-refractivity contribution in [2.24, 2.45) is 4.99 Å². The summed E-state index contributed by atoms with van der Waals surface area (Å²) in [5, 5.41) is 3.14. The molecule has 1 aliphatic heterocycles. The van der Waals surface area contributed by atoms with Gasteiger partial charge < -0.3 is 11.1 Å². The molecular formula is C8H9N3. The average molecular weight is 147 g/mol. The van der Waals surface area contributed by atoms with Crippen LogP contribution in [0, 0.1) is 0 Å². The van der Waals surface area contributed by atoms with Gasteiger partial charge >= 0.3 is 0 Å². The Morgan fingerprint density at radius 2 is 2.36 bits per heavy atom. The second kappa shape index (κ2) is 2.27. The SMILES string of the molecule is Nc1ccc2c(c1)C=NCN2. The first-order valence-corrected chi connectivity index (χ1v) is 3.49. The molecule has 1 aromatic carbocycles. The van der Waals surface area contributed by atoms with Gasteiger partial charge in [-0.15, -0.1) is 0 Å². The summed E-state index contributed by atoms with van der Waals surface area (Å²) in [4.78, 5) is 4.07.